The summed E-state index contributed by atoms with van der Waals surface area (Å²) in [6.45, 7) is 0. The number of fused-ring (bicyclic) bond motifs is 1. The average molecular weight is 328 g/mol. The van der Waals surface area contributed by atoms with Gasteiger partial charge in [0.25, 0.3) is 9.79 Å². The molecule has 3 aromatic rings. The second-order valence-corrected chi connectivity index (χ2v) is 5.02. The fraction of sp³-hybridized carbons (Fsp3) is 0. The standard InChI is InChI=1S/C10H5IN2OS/c11-10-13-12-9(14-10)8-5-6-3-1-2-4-7(6)15-8/h1-5H. The van der Waals surface area contributed by atoms with Crippen LogP contribution in [-0.4, -0.2) is 10.2 Å². The van der Waals surface area contributed by atoms with Crippen molar-refractivity contribution in [3.05, 3.63) is 34.2 Å². The maximum Gasteiger partial charge on any atom is 0.278 e. The zero-order valence-corrected chi connectivity index (χ0v) is 10.4. The molecule has 0 fully saturated rings. The summed E-state index contributed by atoms with van der Waals surface area (Å²) < 4.78 is 7.18. The molecule has 2 aromatic heterocycles. The van der Waals surface area contributed by atoms with Crippen molar-refractivity contribution in [1.29, 1.82) is 0 Å². The van der Waals surface area contributed by atoms with Crippen molar-refractivity contribution in [2.24, 2.45) is 0 Å². The maximum absolute atomic E-state index is 5.37. The highest BCUT2D eigenvalue weighted by atomic mass is 127. The second kappa shape index (κ2) is 3.57. The molecule has 0 N–H and O–H groups in total. The molecule has 0 aliphatic heterocycles. The summed E-state index contributed by atoms with van der Waals surface area (Å²) in [5.74, 6) is 0.598. The third-order valence-electron chi connectivity index (χ3n) is 2.04. The Bertz CT molecular complexity index is 583. The van der Waals surface area contributed by atoms with E-state index in [-0.39, 0.29) is 0 Å². The van der Waals surface area contributed by atoms with Gasteiger partial charge >= 0.3 is 0 Å². The van der Waals surface area contributed by atoms with Crippen LogP contribution in [0.4, 0.5) is 0 Å². The van der Waals surface area contributed by atoms with E-state index >= 15 is 0 Å². The van der Waals surface area contributed by atoms with Gasteiger partial charge in [0.1, 0.15) is 0 Å². The molecule has 1 aromatic carbocycles. The maximum atomic E-state index is 5.37. The molecule has 0 amide bonds. The molecule has 0 radical (unpaired) electrons. The first-order chi connectivity index (χ1) is 7.33. The fourth-order valence-electron chi connectivity index (χ4n) is 1.39. The van der Waals surface area contributed by atoms with E-state index in [4.69, 9.17) is 4.42 Å². The fourth-order valence-corrected chi connectivity index (χ4v) is 2.69. The van der Waals surface area contributed by atoms with Crippen LogP contribution in [0.15, 0.2) is 34.7 Å². The summed E-state index contributed by atoms with van der Waals surface area (Å²) in [5, 5.41) is 9.02. The van der Waals surface area contributed by atoms with Crippen LogP contribution < -0.4 is 0 Å². The van der Waals surface area contributed by atoms with Gasteiger partial charge in [-0.25, -0.2) is 0 Å². The van der Waals surface area contributed by atoms with Crippen LogP contribution in [0.5, 0.6) is 0 Å². The molecule has 0 spiro atoms. The summed E-state index contributed by atoms with van der Waals surface area (Å²) in [7, 11) is 0. The van der Waals surface area contributed by atoms with Gasteiger partial charge in [0, 0.05) is 27.3 Å². The predicted molar refractivity (Wildman–Crippen MR) is 67.8 cm³/mol. The van der Waals surface area contributed by atoms with E-state index in [2.05, 4.69) is 28.4 Å². The van der Waals surface area contributed by atoms with Gasteiger partial charge in [-0.2, -0.15) is 0 Å². The number of benzene rings is 1. The highest BCUT2D eigenvalue weighted by Crippen LogP contribution is 2.32. The van der Waals surface area contributed by atoms with Crippen molar-refractivity contribution in [1.82, 2.24) is 10.2 Å². The van der Waals surface area contributed by atoms with Crippen molar-refractivity contribution in [2.75, 3.05) is 0 Å². The molecular weight excluding hydrogens is 323 g/mol. The number of rotatable bonds is 1. The van der Waals surface area contributed by atoms with Crippen molar-refractivity contribution >= 4 is 44.0 Å². The SMILES string of the molecule is Ic1nnc(-c2cc3ccccc3s2)o1. The van der Waals surface area contributed by atoms with Crippen LogP contribution in [0.3, 0.4) is 0 Å². The Morgan fingerprint density at radius 3 is 2.80 bits per heavy atom. The van der Waals surface area contributed by atoms with E-state index in [0.29, 0.717) is 9.79 Å². The zero-order chi connectivity index (χ0) is 10.3. The van der Waals surface area contributed by atoms with Gasteiger partial charge in [-0.05, 0) is 17.5 Å². The summed E-state index contributed by atoms with van der Waals surface area (Å²) in [4.78, 5) is 1.02. The smallest absolute Gasteiger partial charge is 0.278 e. The molecule has 3 rings (SSSR count). The highest BCUT2D eigenvalue weighted by Gasteiger charge is 2.09. The number of hydrogen-bond donors (Lipinski definition) is 0. The van der Waals surface area contributed by atoms with Gasteiger partial charge < -0.3 is 4.42 Å². The summed E-state index contributed by atoms with van der Waals surface area (Å²) in [6.07, 6.45) is 0. The van der Waals surface area contributed by atoms with Crippen LogP contribution in [0.1, 0.15) is 0 Å². The Kier molecular flexibility index (Phi) is 2.21. The Hall–Kier alpha value is -0.950. The Morgan fingerprint density at radius 2 is 2.07 bits per heavy atom. The Balaban J connectivity index is 2.19. The highest BCUT2D eigenvalue weighted by molar-refractivity contribution is 14.1. The van der Waals surface area contributed by atoms with Crippen molar-refractivity contribution in [2.45, 2.75) is 0 Å². The molecule has 0 bridgehead atoms. The van der Waals surface area contributed by atoms with E-state index in [9.17, 15) is 0 Å². The lowest BCUT2D eigenvalue weighted by atomic mass is 10.2. The molecule has 3 nitrogen and oxygen atoms in total. The van der Waals surface area contributed by atoms with Crippen LogP contribution in [0, 0.1) is 3.90 Å². The molecule has 0 unspecified atom stereocenters. The van der Waals surface area contributed by atoms with E-state index in [1.807, 2.05) is 34.7 Å². The van der Waals surface area contributed by atoms with Gasteiger partial charge in [0.15, 0.2) is 0 Å². The van der Waals surface area contributed by atoms with Crippen molar-refractivity contribution in [3.8, 4) is 10.8 Å². The molecule has 0 aliphatic carbocycles. The van der Waals surface area contributed by atoms with E-state index in [1.165, 1.54) is 10.1 Å². The van der Waals surface area contributed by atoms with Crippen LogP contribution in [0.2, 0.25) is 0 Å². The molecule has 5 heteroatoms. The predicted octanol–water partition coefficient (Wildman–Crippen LogP) is 3.56. The summed E-state index contributed by atoms with van der Waals surface area (Å²) >= 11 is 3.67. The average Bonchev–Trinajstić information content (AvgIpc) is 2.82. The van der Waals surface area contributed by atoms with E-state index in [0.717, 1.165) is 4.88 Å². The molecule has 2 heterocycles. The first-order valence-electron chi connectivity index (χ1n) is 4.31. The van der Waals surface area contributed by atoms with Crippen LogP contribution in [-0.2, 0) is 0 Å². The van der Waals surface area contributed by atoms with Crippen molar-refractivity contribution in [3.63, 3.8) is 0 Å². The molecule has 74 valence electrons. The number of halogens is 1. The van der Waals surface area contributed by atoms with E-state index < -0.39 is 0 Å². The third kappa shape index (κ3) is 1.65. The normalized spacial score (nSPS) is 11.0. The minimum absolute atomic E-state index is 0.569. The molecule has 0 saturated heterocycles. The lowest BCUT2D eigenvalue weighted by molar-refractivity contribution is 0.538. The number of aromatic nitrogens is 2. The first-order valence-corrected chi connectivity index (χ1v) is 6.20. The molecule has 15 heavy (non-hydrogen) atoms. The second-order valence-electron chi connectivity index (χ2n) is 3.01. The summed E-state index contributed by atoms with van der Waals surface area (Å²) in [5.41, 5.74) is 0. The topological polar surface area (TPSA) is 38.9 Å². The minimum Gasteiger partial charge on any atom is -0.411 e. The number of nitrogens with zero attached hydrogens (tertiary/aromatic N) is 2. The minimum atomic E-state index is 0.569. The monoisotopic (exact) mass is 328 g/mol. The van der Waals surface area contributed by atoms with Gasteiger partial charge in [0.05, 0.1) is 4.88 Å². The van der Waals surface area contributed by atoms with Gasteiger partial charge in [-0.15, -0.1) is 21.5 Å². The molecular formula is C10H5IN2OS. The third-order valence-corrected chi connectivity index (χ3v) is 3.58. The largest absolute Gasteiger partial charge is 0.411 e. The summed E-state index contributed by atoms with van der Waals surface area (Å²) in [6, 6.07) is 10.3. The van der Waals surface area contributed by atoms with Gasteiger partial charge in [0.2, 0.25) is 0 Å². The van der Waals surface area contributed by atoms with Gasteiger partial charge in [-0.1, -0.05) is 18.2 Å². The quantitative estimate of drug-likeness (QED) is 0.641. The molecule has 0 atom stereocenters. The Morgan fingerprint density at radius 1 is 1.20 bits per heavy atom. The Labute approximate surface area is 103 Å². The van der Waals surface area contributed by atoms with Crippen LogP contribution >= 0.6 is 33.9 Å². The molecule has 0 saturated carbocycles. The number of hydrogen-bond acceptors (Lipinski definition) is 4. The zero-order valence-electron chi connectivity index (χ0n) is 7.48. The first kappa shape index (κ1) is 9.29. The van der Waals surface area contributed by atoms with Gasteiger partial charge in [-0.3, -0.25) is 0 Å². The molecule has 0 aliphatic rings. The van der Waals surface area contributed by atoms with E-state index in [1.54, 1.807) is 11.3 Å². The van der Waals surface area contributed by atoms with Crippen LogP contribution in [0.25, 0.3) is 20.9 Å². The lowest BCUT2D eigenvalue weighted by Crippen LogP contribution is -1.70. The van der Waals surface area contributed by atoms with Crippen molar-refractivity contribution < 1.29 is 4.42 Å². The number of thiophene rings is 1. The lowest BCUT2D eigenvalue weighted by Gasteiger charge is -1.82.